The highest BCUT2D eigenvalue weighted by Crippen LogP contribution is 2.36. The van der Waals surface area contributed by atoms with E-state index < -0.39 is 5.60 Å². The average molecular weight is 313 g/mol. The molecular weight excluding hydrogens is 296 g/mol. The summed E-state index contributed by atoms with van der Waals surface area (Å²) in [6.45, 7) is 2.04. The van der Waals surface area contributed by atoms with Gasteiger partial charge in [0.2, 0.25) is 0 Å². The fourth-order valence-corrected chi connectivity index (χ4v) is 3.31. The van der Waals surface area contributed by atoms with E-state index in [-0.39, 0.29) is 0 Å². The molecule has 0 unspecified atom stereocenters. The van der Waals surface area contributed by atoms with Crippen molar-refractivity contribution in [3.63, 3.8) is 0 Å². The lowest BCUT2D eigenvalue weighted by atomic mass is 9.86. The van der Waals surface area contributed by atoms with Crippen molar-refractivity contribution >= 4 is 15.9 Å². The number of rotatable bonds is 2. The molecule has 0 amide bonds. The van der Waals surface area contributed by atoms with Gasteiger partial charge in [0, 0.05) is 30.5 Å². The highest BCUT2D eigenvalue weighted by atomic mass is 79.9. The quantitative estimate of drug-likeness (QED) is 0.911. The molecule has 3 nitrogen and oxygen atoms in total. The van der Waals surface area contributed by atoms with Crippen LogP contribution in [0.5, 0.6) is 5.75 Å². The molecule has 1 fully saturated rings. The second-order valence-electron chi connectivity index (χ2n) is 5.17. The van der Waals surface area contributed by atoms with Crippen LogP contribution in [0.1, 0.15) is 24.0 Å². The molecule has 0 saturated carbocycles. The monoisotopic (exact) mass is 312 g/mol. The van der Waals surface area contributed by atoms with Crippen LogP contribution < -0.4 is 4.74 Å². The van der Waals surface area contributed by atoms with Crippen molar-refractivity contribution in [2.24, 2.45) is 0 Å². The van der Waals surface area contributed by atoms with E-state index in [1.54, 1.807) is 0 Å². The third kappa shape index (κ3) is 2.42. The van der Waals surface area contributed by atoms with Gasteiger partial charge >= 0.3 is 0 Å². The van der Waals surface area contributed by atoms with Crippen molar-refractivity contribution < 1.29 is 14.6 Å². The third-order valence-electron chi connectivity index (χ3n) is 3.77. The standard InChI is InChI=1S/C14H17BrO3/c15-12-7-10-1-4-18-13(10)11(8-12)9-14(16)2-5-17-6-3-14/h7-8,16H,1-6,9H2. The summed E-state index contributed by atoms with van der Waals surface area (Å²) in [5.41, 5.74) is 1.72. The minimum atomic E-state index is -0.640. The SMILES string of the molecule is OC1(Cc2cc(Br)cc3c2OCC3)CCOCC1. The summed E-state index contributed by atoms with van der Waals surface area (Å²) >= 11 is 3.54. The second kappa shape index (κ2) is 4.83. The molecule has 0 spiro atoms. The Labute approximate surface area is 115 Å². The van der Waals surface area contributed by atoms with E-state index in [1.807, 2.05) is 0 Å². The van der Waals surface area contributed by atoms with E-state index >= 15 is 0 Å². The van der Waals surface area contributed by atoms with Crippen LogP contribution in [0.4, 0.5) is 0 Å². The molecule has 1 aromatic rings. The molecule has 0 radical (unpaired) electrons. The average Bonchev–Trinajstić information content (AvgIpc) is 2.77. The molecule has 2 aliphatic heterocycles. The van der Waals surface area contributed by atoms with Crippen molar-refractivity contribution in [2.75, 3.05) is 19.8 Å². The molecule has 1 saturated heterocycles. The van der Waals surface area contributed by atoms with Crippen LogP contribution in [-0.2, 0) is 17.6 Å². The van der Waals surface area contributed by atoms with Crippen molar-refractivity contribution in [3.8, 4) is 5.75 Å². The van der Waals surface area contributed by atoms with Gasteiger partial charge < -0.3 is 14.6 Å². The Morgan fingerprint density at radius 3 is 2.78 bits per heavy atom. The van der Waals surface area contributed by atoms with E-state index in [1.165, 1.54) is 5.56 Å². The number of fused-ring (bicyclic) bond motifs is 1. The predicted molar refractivity (Wildman–Crippen MR) is 72.0 cm³/mol. The first-order valence-corrected chi connectivity index (χ1v) is 7.20. The Balaban J connectivity index is 1.88. The van der Waals surface area contributed by atoms with Crippen molar-refractivity contribution in [1.82, 2.24) is 0 Å². The maximum atomic E-state index is 10.6. The van der Waals surface area contributed by atoms with Crippen LogP contribution >= 0.6 is 15.9 Å². The molecule has 4 heteroatoms. The van der Waals surface area contributed by atoms with E-state index in [4.69, 9.17) is 9.47 Å². The molecule has 0 atom stereocenters. The molecule has 98 valence electrons. The summed E-state index contributed by atoms with van der Waals surface area (Å²) in [6, 6.07) is 4.18. The van der Waals surface area contributed by atoms with Gasteiger partial charge in [-0.3, -0.25) is 0 Å². The molecule has 2 aliphatic rings. The van der Waals surface area contributed by atoms with Crippen LogP contribution in [-0.4, -0.2) is 30.5 Å². The maximum absolute atomic E-state index is 10.6. The van der Waals surface area contributed by atoms with Gasteiger partial charge in [-0.2, -0.15) is 0 Å². The van der Waals surface area contributed by atoms with Gasteiger partial charge in [0.05, 0.1) is 12.2 Å². The number of benzene rings is 1. The Kier molecular flexibility index (Phi) is 3.34. The van der Waals surface area contributed by atoms with Gasteiger partial charge in [-0.1, -0.05) is 15.9 Å². The fourth-order valence-electron chi connectivity index (χ4n) is 2.76. The van der Waals surface area contributed by atoms with E-state index in [0.29, 0.717) is 32.5 Å². The molecule has 0 aromatic heterocycles. The van der Waals surface area contributed by atoms with Crippen molar-refractivity contribution in [3.05, 3.63) is 27.7 Å². The Hall–Kier alpha value is -0.580. The summed E-state index contributed by atoms with van der Waals surface area (Å²) in [5.74, 6) is 0.984. The van der Waals surface area contributed by atoms with Crippen LogP contribution in [0, 0.1) is 0 Å². The maximum Gasteiger partial charge on any atom is 0.125 e. The number of aliphatic hydroxyl groups is 1. The molecule has 3 rings (SSSR count). The molecule has 0 bridgehead atoms. The lowest BCUT2D eigenvalue weighted by molar-refractivity contribution is -0.0628. The van der Waals surface area contributed by atoms with Gasteiger partial charge in [0.1, 0.15) is 5.75 Å². The Morgan fingerprint density at radius 1 is 1.22 bits per heavy atom. The number of ether oxygens (including phenoxy) is 2. The lowest BCUT2D eigenvalue weighted by Gasteiger charge is -2.32. The molecule has 2 heterocycles. The highest BCUT2D eigenvalue weighted by Gasteiger charge is 2.32. The largest absolute Gasteiger partial charge is 0.493 e. The normalized spacial score (nSPS) is 21.4. The molecule has 0 aliphatic carbocycles. The zero-order valence-electron chi connectivity index (χ0n) is 10.2. The smallest absolute Gasteiger partial charge is 0.125 e. The summed E-state index contributed by atoms with van der Waals surface area (Å²) in [7, 11) is 0. The first-order chi connectivity index (χ1) is 8.66. The van der Waals surface area contributed by atoms with Gasteiger partial charge in [-0.25, -0.2) is 0 Å². The zero-order valence-corrected chi connectivity index (χ0v) is 11.8. The fraction of sp³-hybridized carbons (Fsp3) is 0.571. The van der Waals surface area contributed by atoms with E-state index in [2.05, 4.69) is 28.1 Å². The molecule has 18 heavy (non-hydrogen) atoms. The predicted octanol–water partition coefficient (Wildman–Crippen LogP) is 2.47. The minimum absolute atomic E-state index is 0.640. The number of hydrogen-bond acceptors (Lipinski definition) is 3. The molecular formula is C14H17BrO3. The van der Waals surface area contributed by atoms with Crippen LogP contribution in [0.25, 0.3) is 0 Å². The number of hydrogen-bond donors (Lipinski definition) is 1. The highest BCUT2D eigenvalue weighted by molar-refractivity contribution is 9.10. The van der Waals surface area contributed by atoms with E-state index in [0.717, 1.165) is 28.8 Å². The van der Waals surface area contributed by atoms with Crippen LogP contribution in [0.3, 0.4) is 0 Å². The Morgan fingerprint density at radius 2 is 2.00 bits per heavy atom. The molecule has 1 aromatic carbocycles. The van der Waals surface area contributed by atoms with Gasteiger partial charge in [0.15, 0.2) is 0 Å². The van der Waals surface area contributed by atoms with Gasteiger partial charge in [0.25, 0.3) is 0 Å². The minimum Gasteiger partial charge on any atom is -0.493 e. The zero-order chi connectivity index (χ0) is 12.6. The van der Waals surface area contributed by atoms with Crippen LogP contribution in [0.2, 0.25) is 0 Å². The second-order valence-corrected chi connectivity index (χ2v) is 6.08. The summed E-state index contributed by atoms with van der Waals surface area (Å²) < 4.78 is 12.1. The van der Waals surface area contributed by atoms with Crippen LogP contribution in [0.15, 0.2) is 16.6 Å². The van der Waals surface area contributed by atoms with Gasteiger partial charge in [-0.15, -0.1) is 0 Å². The lowest BCUT2D eigenvalue weighted by Crippen LogP contribution is -2.38. The van der Waals surface area contributed by atoms with Crippen molar-refractivity contribution in [1.29, 1.82) is 0 Å². The topological polar surface area (TPSA) is 38.7 Å². The first kappa shape index (κ1) is 12.5. The Bertz CT molecular complexity index is 453. The van der Waals surface area contributed by atoms with Gasteiger partial charge in [-0.05, 0) is 36.1 Å². The summed E-state index contributed by atoms with van der Waals surface area (Å²) in [6.07, 6.45) is 3.02. The summed E-state index contributed by atoms with van der Waals surface area (Å²) in [4.78, 5) is 0. The van der Waals surface area contributed by atoms with Crippen molar-refractivity contribution in [2.45, 2.75) is 31.3 Å². The number of halogens is 1. The molecule has 1 N–H and O–H groups in total. The first-order valence-electron chi connectivity index (χ1n) is 6.41. The summed E-state index contributed by atoms with van der Waals surface area (Å²) in [5, 5.41) is 10.6. The third-order valence-corrected chi connectivity index (χ3v) is 4.23. The van der Waals surface area contributed by atoms with E-state index in [9.17, 15) is 5.11 Å².